The highest BCUT2D eigenvalue weighted by molar-refractivity contribution is 5.85. The minimum Gasteiger partial charge on any atom is -0.507 e. The van der Waals surface area contributed by atoms with Crippen molar-refractivity contribution < 1.29 is 22.7 Å². The topological polar surface area (TPSA) is 47.9 Å². The van der Waals surface area contributed by atoms with Crippen LogP contribution in [-0.4, -0.2) is 24.4 Å². The van der Waals surface area contributed by atoms with E-state index in [0.29, 0.717) is 0 Å². The van der Waals surface area contributed by atoms with Crippen molar-refractivity contribution in [1.29, 1.82) is 0 Å². The van der Waals surface area contributed by atoms with Gasteiger partial charge in [0, 0.05) is 36.5 Å². The third kappa shape index (κ3) is 4.01. The SMILES string of the molecule is CCN(CC)c1ccc(/C=N\Nc2c(F)c(F)cc(F)c2F)c(O)c1. The van der Waals surface area contributed by atoms with Crippen molar-refractivity contribution in [3.05, 3.63) is 53.1 Å². The molecule has 0 aromatic heterocycles. The number of aromatic hydroxyl groups is 1. The zero-order valence-electron chi connectivity index (χ0n) is 13.7. The summed E-state index contributed by atoms with van der Waals surface area (Å²) >= 11 is 0. The molecule has 0 unspecified atom stereocenters. The van der Waals surface area contributed by atoms with Crippen LogP contribution >= 0.6 is 0 Å². The number of hydrazone groups is 1. The molecule has 2 aromatic carbocycles. The third-order valence-electron chi connectivity index (χ3n) is 3.63. The molecule has 2 aromatic rings. The molecular formula is C17H17F4N3O. The Morgan fingerprint density at radius 3 is 2.16 bits per heavy atom. The Labute approximate surface area is 142 Å². The molecule has 0 heterocycles. The van der Waals surface area contributed by atoms with E-state index in [0.717, 1.165) is 25.0 Å². The molecule has 0 saturated carbocycles. The molecule has 0 saturated heterocycles. The number of halogens is 4. The lowest BCUT2D eigenvalue weighted by molar-refractivity contribution is 0.458. The summed E-state index contributed by atoms with van der Waals surface area (Å²) < 4.78 is 53.2. The Balaban J connectivity index is 2.21. The molecule has 0 fully saturated rings. The summed E-state index contributed by atoms with van der Waals surface area (Å²) in [5.74, 6) is -6.35. The predicted octanol–water partition coefficient (Wildman–Crippen LogP) is 4.24. The van der Waals surface area contributed by atoms with Gasteiger partial charge in [0.25, 0.3) is 0 Å². The number of benzene rings is 2. The van der Waals surface area contributed by atoms with Gasteiger partial charge in [-0.2, -0.15) is 5.10 Å². The van der Waals surface area contributed by atoms with Crippen LogP contribution < -0.4 is 10.3 Å². The van der Waals surface area contributed by atoms with Gasteiger partial charge in [-0.3, -0.25) is 5.43 Å². The van der Waals surface area contributed by atoms with Gasteiger partial charge in [-0.25, -0.2) is 17.6 Å². The fourth-order valence-electron chi connectivity index (χ4n) is 2.26. The maximum atomic E-state index is 13.5. The molecule has 0 aliphatic heterocycles. The van der Waals surface area contributed by atoms with E-state index >= 15 is 0 Å². The van der Waals surface area contributed by atoms with Crippen LogP contribution in [0, 0.1) is 23.3 Å². The number of nitrogens with zero attached hydrogens (tertiary/aromatic N) is 2. The second-order valence-electron chi connectivity index (χ2n) is 5.13. The summed E-state index contributed by atoms with van der Waals surface area (Å²) in [6.07, 6.45) is 1.09. The highest BCUT2D eigenvalue weighted by Gasteiger charge is 2.18. The first-order chi connectivity index (χ1) is 11.9. The monoisotopic (exact) mass is 355 g/mol. The van der Waals surface area contributed by atoms with Gasteiger partial charge in [0.15, 0.2) is 23.3 Å². The third-order valence-corrected chi connectivity index (χ3v) is 3.63. The maximum absolute atomic E-state index is 13.5. The highest BCUT2D eigenvalue weighted by Crippen LogP contribution is 2.25. The second-order valence-corrected chi connectivity index (χ2v) is 5.13. The number of hydrogen-bond donors (Lipinski definition) is 2. The Hall–Kier alpha value is -2.77. The average molecular weight is 355 g/mol. The highest BCUT2D eigenvalue weighted by atomic mass is 19.2. The number of rotatable bonds is 6. The van der Waals surface area contributed by atoms with Crippen LogP contribution in [0.4, 0.5) is 28.9 Å². The molecule has 8 heteroatoms. The summed E-state index contributed by atoms with van der Waals surface area (Å²) in [7, 11) is 0. The maximum Gasteiger partial charge on any atom is 0.186 e. The number of hydrogen-bond acceptors (Lipinski definition) is 4. The fourth-order valence-corrected chi connectivity index (χ4v) is 2.26. The quantitative estimate of drug-likeness (QED) is 0.353. The van der Waals surface area contributed by atoms with Crippen LogP contribution in [0.15, 0.2) is 29.4 Å². The van der Waals surface area contributed by atoms with E-state index in [1.165, 1.54) is 6.07 Å². The molecular weight excluding hydrogens is 338 g/mol. The van der Waals surface area contributed by atoms with Crippen LogP contribution in [0.2, 0.25) is 0 Å². The van der Waals surface area contributed by atoms with Crippen molar-refractivity contribution in [3.8, 4) is 5.75 Å². The van der Waals surface area contributed by atoms with Gasteiger partial charge in [0.2, 0.25) is 0 Å². The molecule has 0 amide bonds. The van der Waals surface area contributed by atoms with Gasteiger partial charge in [-0.05, 0) is 26.0 Å². The van der Waals surface area contributed by atoms with E-state index in [9.17, 15) is 22.7 Å². The second kappa shape index (κ2) is 7.87. The number of phenols is 1. The molecule has 2 N–H and O–H groups in total. The average Bonchev–Trinajstić information content (AvgIpc) is 2.59. The van der Waals surface area contributed by atoms with E-state index in [4.69, 9.17) is 0 Å². The lowest BCUT2D eigenvalue weighted by Crippen LogP contribution is -2.21. The van der Waals surface area contributed by atoms with E-state index in [-0.39, 0.29) is 17.4 Å². The number of phenolic OH excluding ortho intramolecular Hbond substituents is 1. The van der Waals surface area contributed by atoms with Crippen molar-refractivity contribution >= 4 is 17.6 Å². The first kappa shape index (κ1) is 18.6. The van der Waals surface area contributed by atoms with Gasteiger partial charge < -0.3 is 10.0 Å². The zero-order valence-corrected chi connectivity index (χ0v) is 13.7. The van der Waals surface area contributed by atoms with Crippen molar-refractivity contribution in [1.82, 2.24) is 0 Å². The molecule has 0 aliphatic carbocycles. The van der Waals surface area contributed by atoms with Crippen molar-refractivity contribution in [3.63, 3.8) is 0 Å². The summed E-state index contributed by atoms with van der Waals surface area (Å²) in [6, 6.07) is 4.94. The van der Waals surface area contributed by atoms with Crippen LogP contribution in [0.3, 0.4) is 0 Å². The van der Waals surface area contributed by atoms with Crippen molar-refractivity contribution in [2.24, 2.45) is 5.10 Å². The predicted molar refractivity (Wildman–Crippen MR) is 89.2 cm³/mol. The summed E-state index contributed by atoms with van der Waals surface area (Å²) in [4.78, 5) is 2.01. The van der Waals surface area contributed by atoms with Crippen LogP contribution in [0.5, 0.6) is 5.75 Å². The van der Waals surface area contributed by atoms with E-state index < -0.39 is 29.0 Å². The largest absolute Gasteiger partial charge is 0.507 e. The number of anilines is 2. The molecule has 25 heavy (non-hydrogen) atoms. The molecule has 0 aliphatic rings. The van der Waals surface area contributed by atoms with Crippen molar-refractivity contribution in [2.45, 2.75) is 13.8 Å². The summed E-state index contributed by atoms with van der Waals surface area (Å²) in [5, 5.41) is 13.5. The van der Waals surface area contributed by atoms with Gasteiger partial charge >= 0.3 is 0 Å². The lowest BCUT2D eigenvalue weighted by Gasteiger charge is -2.21. The molecule has 0 atom stereocenters. The number of nitrogens with one attached hydrogen (secondary N) is 1. The smallest absolute Gasteiger partial charge is 0.186 e. The Kier molecular flexibility index (Phi) is 5.84. The first-order valence-electron chi connectivity index (χ1n) is 7.59. The molecule has 134 valence electrons. The van der Waals surface area contributed by atoms with E-state index in [1.54, 1.807) is 12.1 Å². The van der Waals surface area contributed by atoms with Gasteiger partial charge in [-0.15, -0.1) is 0 Å². The van der Waals surface area contributed by atoms with Crippen LogP contribution in [-0.2, 0) is 0 Å². The van der Waals surface area contributed by atoms with Crippen molar-refractivity contribution in [2.75, 3.05) is 23.4 Å². The molecule has 0 radical (unpaired) electrons. The standard InChI is InChI=1S/C17H17F4N3O/c1-3-24(4-2)11-6-5-10(14(25)7-11)9-22-23-17-15(20)12(18)8-13(19)16(17)21/h5-9,23,25H,3-4H2,1-2H3/b22-9-. The fraction of sp³-hybridized carbons (Fsp3) is 0.235. The van der Waals surface area contributed by atoms with Crippen LogP contribution in [0.25, 0.3) is 0 Å². The summed E-state index contributed by atoms with van der Waals surface area (Å²) in [5.41, 5.74) is 1.94. The van der Waals surface area contributed by atoms with E-state index in [2.05, 4.69) is 5.10 Å². The van der Waals surface area contributed by atoms with E-state index in [1.807, 2.05) is 24.2 Å². The minimum atomic E-state index is -1.59. The van der Waals surface area contributed by atoms with Gasteiger partial charge in [0.1, 0.15) is 11.4 Å². The minimum absolute atomic E-state index is 0.0960. The first-order valence-corrected chi connectivity index (χ1v) is 7.59. The Bertz CT molecular complexity index is 766. The van der Waals surface area contributed by atoms with Gasteiger partial charge in [0.05, 0.1) is 6.21 Å². The lowest BCUT2D eigenvalue weighted by atomic mass is 10.2. The Morgan fingerprint density at radius 2 is 1.64 bits per heavy atom. The van der Waals surface area contributed by atoms with Crippen LogP contribution in [0.1, 0.15) is 19.4 Å². The molecule has 4 nitrogen and oxygen atoms in total. The van der Waals surface area contributed by atoms with Gasteiger partial charge in [-0.1, -0.05) is 0 Å². The molecule has 2 rings (SSSR count). The zero-order chi connectivity index (χ0) is 18.6. The normalized spacial score (nSPS) is 11.1. The molecule has 0 bridgehead atoms. The Morgan fingerprint density at radius 1 is 1.04 bits per heavy atom. The molecule has 0 spiro atoms. The summed E-state index contributed by atoms with van der Waals surface area (Å²) in [6.45, 7) is 5.46.